The number of esters is 1. The molecule has 1 rings (SSSR count). The number of allylic oxidation sites excluding steroid dienone is 1. The molecule has 0 saturated carbocycles. The van der Waals surface area contributed by atoms with Gasteiger partial charge in [-0.25, -0.2) is 0 Å². The quantitative estimate of drug-likeness (QED) is 0.396. The van der Waals surface area contributed by atoms with Gasteiger partial charge in [0.2, 0.25) is 0 Å². The second kappa shape index (κ2) is 8.70. The Kier molecular flexibility index (Phi) is 7.27. The Morgan fingerprint density at radius 1 is 1.27 bits per heavy atom. The molecule has 0 heterocycles. The lowest BCUT2D eigenvalue weighted by Crippen LogP contribution is -2.20. The summed E-state index contributed by atoms with van der Waals surface area (Å²) in [5.74, 6) is -0.591. The minimum Gasteiger partial charge on any atom is -0.465 e. The lowest BCUT2D eigenvalue weighted by atomic mass is 10.1. The van der Waals surface area contributed by atoms with Gasteiger partial charge in [0.1, 0.15) is 0 Å². The Morgan fingerprint density at radius 3 is 2.45 bits per heavy atom. The van der Waals surface area contributed by atoms with Crippen molar-refractivity contribution in [3.05, 3.63) is 42.5 Å². The Morgan fingerprint density at radius 2 is 1.91 bits per heavy atom. The van der Waals surface area contributed by atoms with Crippen LogP contribution in [0.1, 0.15) is 25.3 Å². The largest absolute Gasteiger partial charge is 0.465 e. The van der Waals surface area contributed by atoms with Crippen LogP contribution < -0.4 is 0 Å². The molecular weight excluding hydrogens is 304 g/mol. The molecule has 6 heteroatoms. The van der Waals surface area contributed by atoms with Crippen molar-refractivity contribution in [2.24, 2.45) is 5.92 Å². The second-order valence-electron chi connectivity index (χ2n) is 5.09. The van der Waals surface area contributed by atoms with Crippen LogP contribution in [0.3, 0.4) is 0 Å². The number of ether oxygens (including phenoxy) is 1. The molecule has 5 nitrogen and oxygen atoms in total. The van der Waals surface area contributed by atoms with Crippen molar-refractivity contribution in [1.29, 1.82) is 0 Å². The van der Waals surface area contributed by atoms with Crippen molar-refractivity contribution in [2.45, 2.75) is 31.6 Å². The number of carbonyl (C=O) groups excluding carboxylic acids is 1. The first kappa shape index (κ1) is 18.4. The van der Waals surface area contributed by atoms with Gasteiger partial charge in [0, 0.05) is 12.8 Å². The third kappa shape index (κ3) is 6.41. The van der Waals surface area contributed by atoms with Gasteiger partial charge < -0.3 is 4.74 Å². The van der Waals surface area contributed by atoms with E-state index < -0.39 is 16.1 Å². The van der Waals surface area contributed by atoms with Crippen LogP contribution in [0.2, 0.25) is 0 Å². The third-order valence-electron chi connectivity index (χ3n) is 3.07. The van der Waals surface area contributed by atoms with Crippen LogP contribution in [0.25, 0.3) is 0 Å². The highest BCUT2D eigenvalue weighted by molar-refractivity contribution is 7.86. The summed E-state index contributed by atoms with van der Waals surface area (Å²) in [5.41, 5.74) is 0.970. The summed E-state index contributed by atoms with van der Waals surface area (Å²) >= 11 is 0. The van der Waals surface area contributed by atoms with E-state index in [-0.39, 0.29) is 24.0 Å². The molecule has 0 spiro atoms. The zero-order valence-corrected chi connectivity index (χ0v) is 13.8. The van der Waals surface area contributed by atoms with Gasteiger partial charge >= 0.3 is 5.97 Å². The summed E-state index contributed by atoms with van der Waals surface area (Å²) in [5, 5.41) is 0. The highest BCUT2D eigenvalue weighted by Crippen LogP contribution is 2.16. The molecule has 122 valence electrons. The van der Waals surface area contributed by atoms with Crippen molar-refractivity contribution in [1.82, 2.24) is 0 Å². The van der Waals surface area contributed by atoms with Crippen LogP contribution >= 0.6 is 0 Å². The van der Waals surface area contributed by atoms with Gasteiger partial charge in [-0.3, -0.25) is 8.98 Å². The van der Waals surface area contributed by atoms with Crippen molar-refractivity contribution in [3.63, 3.8) is 0 Å². The van der Waals surface area contributed by atoms with E-state index in [1.807, 2.05) is 6.92 Å². The predicted molar refractivity (Wildman–Crippen MR) is 83.9 cm³/mol. The molecule has 0 aliphatic carbocycles. The minimum atomic E-state index is -3.80. The van der Waals surface area contributed by atoms with Gasteiger partial charge in [0.05, 0.1) is 18.1 Å². The number of hydrogen-bond acceptors (Lipinski definition) is 5. The van der Waals surface area contributed by atoms with Crippen molar-refractivity contribution in [3.8, 4) is 0 Å². The van der Waals surface area contributed by atoms with E-state index in [0.29, 0.717) is 12.8 Å². The molecule has 0 amide bonds. The van der Waals surface area contributed by atoms with Gasteiger partial charge in [-0.2, -0.15) is 8.42 Å². The molecule has 22 heavy (non-hydrogen) atoms. The molecule has 0 aliphatic heterocycles. The molecule has 0 aromatic heterocycles. The smallest absolute Gasteiger partial charge is 0.302 e. The Bertz CT molecular complexity index is 589. The van der Waals surface area contributed by atoms with Crippen molar-refractivity contribution < 1.29 is 22.1 Å². The highest BCUT2D eigenvalue weighted by atomic mass is 32.2. The molecule has 1 aromatic carbocycles. The second-order valence-corrected chi connectivity index (χ2v) is 6.70. The standard InChI is InChI=1S/C16H22O5S/c1-4-5-6-15(11-20-14(3)17)12-21-22(18,19)16-9-7-13(2)8-10-16/h4,7-10,15H,1,5-6,11-12H2,2-3H3/t15-/m1/s1. The molecule has 0 saturated heterocycles. The average Bonchev–Trinajstić information content (AvgIpc) is 2.46. The van der Waals surface area contributed by atoms with Crippen LogP contribution in [-0.2, 0) is 23.8 Å². The Labute approximate surface area is 132 Å². The minimum absolute atomic E-state index is 0.0304. The van der Waals surface area contributed by atoms with Crippen LogP contribution in [0.15, 0.2) is 41.8 Å². The molecule has 0 aliphatic rings. The predicted octanol–water partition coefficient (Wildman–Crippen LogP) is 2.85. The van der Waals surface area contributed by atoms with E-state index in [0.717, 1.165) is 5.56 Å². The zero-order chi connectivity index (χ0) is 16.6. The molecule has 1 atom stereocenters. The van der Waals surface area contributed by atoms with E-state index in [2.05, 4.69) is 6.58 Å². The summed E-state index contributed by atoms with van der Waals surface area (Å²) < 4.78 is 34.3. The van der Waals surface area contributed by atoms with E-state index in [1.54, 1.807) is 18.2 Å². The topological polar surface area (TPSA) is 69.7 Å². The molecule has 1 aromatic rings. The number of hydrogen-bond donors (Lipinski definition) is 0. The van der Waals surface area contributed by atoms with Crippen molar-refractivity contribution in [2.75, 3.05) is 13.2 Å². The summed E-state index contributed by atoms with van der Waals surface area (Å²) in [7, 11) is -3.80. The molecule has 0 radical (unpaired) electrons. The van der Waals surface area contributed by atoms with E-state index in [4.69, 9.17) is 8.92 Å². The van der Waals surface area contributed by atoms with Gasteiger partial charge in [0.15, 0.2) is 0 Å². The van der Waals surface area contributed by atoms with Crippen LogP contribution in [0.5, 0.6) is 0 Å². The first-order chi connectivity index (χ1) is 10.3. The lowest BCUT2D eigenvalue weighted by Gasteiger charge is -2.16. The van der Waals surface area contributed by atoms with Crippen LogP contribution in [-0.4, -0.2) is 27.6 Å². The van der Waals surface area contributed by atoms with E-state index in [9.17, 15) is 13.2 Å². The zero-order valence-electron chi connectivity index (χ0n) is 12.9. The monoisotopic (exact) mass is 326 g/mol. The number of benzene rings is 1. The number of aryl methyl sites for hydroxylation is 1. The van der Waals surface area contributed by atoms with Gasteiger partial charge in [-0.05, 0) is 31.9 Å². The highest BCUT2D eigenvalue weighted by Gasteiger charge is 2.19. The lowest BCUT2D eigenvalue weighted by molar-refractivity contribution is -0.142. The summed E-state index contributed by atoms with van der Waals surface area (Å²) in [6.07, 6.45) is 3.06. The molecule has 0 bridgehead atoms. The normalized spacial score (nSPS) is 12.6. The van der Waals surface area contributed by atoms with Gasteiger partial charge in [0.25, 0.3) is 10.1 Å². The number of rotatable bonds is 9. The maximum Gasteiger partial charge on any atom is 0.302 e. The van der Waals surface area contributed by atoms with Gasteiger partial charge in [-0.1, -0.05) is 23.8 Å². The fourth-order valence-corrected chi connectivity index (χ4v) is 2.74. The maximum atomic E-state index is 12.1. The summed E-state index contributed by atoms with van der Waals surface area (Å²) in [6, 6.07) is 6.44. The van der Waals surface area contributed by atoms with Gasteiger partial charge in [-0.15, -0.1) is 6.58 Å². The van der Waals surface area contributed by atoms with Crippen LogP contribution in [0, 0.1) is 12.8 Å². The van der Waals surface area contributed by atoms with E-state index >= 15 is 0 Å². The third-order valence-corrected chi connectivity index (χ3v) is 4.37. The maximum absolute atomic E-state index is 12.1. The summed E-state index contributed by atoms with van der Waals surface area (Å²) in [4.78, 5) is 11.0. The summed E-state index contributed by atoms with van der Waals surface area (Å²) in [6.45, 7) is 6.92. The van der Waals surface area contributed by atoms with E-state index in [1.165, 1.54) is 19.1 Å². The first-order valence-electron chi connectivity index (χ1n) is 7.05. The molecular formula is C16H22O5S. The molecule has 0 fully saturated rings. The Hall–Kier alpha value is -1.66. The Balaban J connectivity index is 2.66. The number of carbonyl (C=O) groups is 1. The fourth-order valence-electron chi connectivity index (χ4n) is 1.76. The molecule has 0 unspecified atom stereocenters. The molecule has 0 N–H and O–H groups in total. The fraction of sp³-hybridized carbons (Fsp3) is 0.438. The van der Waals surface area contributed by atoms with Crippen LogP contribution in [0.4, 0.5) is 0 Å². The van der Waals surface area contributed by atoms with Crippen molar-refractivity contribution >= 4 is 16.1 Å². The average molecular weight is 326 g/mol. The first-order valence-corrected chi connectivity index (χ1v) is 8.46. The SMILES string of the molecule is C=CCC[C@H](COC(C)=O)COS(=O)(=O)c1ccc(C)cc1.